The number of aromatic nitrogens is 2. The van der Waals surface area contributed by atoms with Crippen molar-refractivity contribution in [3.8, 4) is 59.8 Å². The van der Waals surface area contributed by atoms with E-state index in [2.05, 4.69) is 110 Å². The molecular weight excluding hydrogens is 1080 g/mol. The van der Waals surface area contributed by atoms with Crippen LogP contribution in [0.5, 0.6) is 23.0 Å². The van der Waals surface area contributed by atoms with E-state index in [0.717, 1.165) is 106 Å². The van der Waals surface area contributed by atoms with Gasteiger partial charge in [-0.2, -0.15) is 0 Å². The molecule has 0 atom stereocenters. The molecule has 2 fully saturated rings. The summed E-state index contributed by atoms with van der Waals surface area (Å²) < 4.78 is 24.3. The van der Waals surface area contributed by atoms with Crippen molar-refractivity contribution in [1.82, 2.24) is 19.8 Å². The second-order valence-electron chi connectivity index (χ2n) is 14.7. The minimum absolute atomic E-state index is 0. The summed E-state index contributed by atoms with van der Waals surface area (Å²) in [5.41, 5.74) is 6.28. The van der Waals surface area contributed by atoms with Gasteiger partial charge in [0.1, 0.15) is 0 Å². The van der Waals surface area contributed by atoms with Crippen LogP contribution in [0.4, 0.5) is 22.7 Å². The third-order valence-electron chi connectivity index (χ3n) is 10.9. The van der Waals surface area contributed by atoms with E-state index in [1.807, 2.05) is 72.8 Å². The molecule has 336 valence electrons. The average molecular weight is 1130 g/mol. The Morgan fingerprint density at radius 1 is 0.618 bits per heavy atom. The molecule has 0 bridgehead atoms. The maximum atomic E-state index is 9.80. The van der Waals surface area contributed by atoms with Crippen LogP contribution in [0.15, 0.2) is 85.2 Å². The molecular formula is C50H44N10O4V2Y2-2. The second-order valence-corrected chi connectivity index (χ2v) is 16.0. The van der Waals surface area contributed by atoms with Crippen LogP contribution in [0.2, 0.25) is 0 Å². The number of methoxy groups -OCH3 is 2. The second kappa shape index (κ2) is 26.8. The van der Waals surface area contributed by atoms with Gasteiger partial charge in [-0.1, -0.05) is 5.92 Å². The topological polar surface area (TPSA) is 147 Å². The standard InChI is InChI=1S/2C25H22N5O2.2V.2Y/c1-3-13-32-24-14-21-22(15-23(24)31-2)27-17-19(16-26)25(21)30-11-9-29(10-12-30)18-28-20-7-5-4-6-8-20;1-3-13-32-24-15-22-21(14-23(24)31-2)25(19(16-26)17-27-22)30-11-9-29(10-12-30)18-28-20-7-5-4-6-8-20;;;;/h2*1,5-8,14-15,17,28H,9-13H2,2H3;;;;/q2*-1;;;;. The van der Waals surface area contributed by atoms with Crippen molar-refractivity contribution < 1.29 is 118 Å². The SMILES string of the molecule is C#CCOc1cc2c(N3CCN([C](=[V])Nc4cc[c-]cc4)CC3)c(C#N)cnc2cc1OC.C#CCOc1cc2ncc(C#N)c(N3CCN([C](=[V])Nc4cc[c-]cc4)CC3)c2cc1OC.[Y].[Y]. The van der Waals surface area contributed by atoms with Gasteiger partial charge in [-0.25, -0.2) is 0 Å². The number of hydrogen-bond acceptors (Lipinski definition) is 14. The first kappa shape index (κ1) is 54.2. The van der Waals surface area contributed by atoms with Crippen molar-refractivity contribution in [2.75, 3.05) is 100 Å². The average Bonchev–Trinajstić information content (AvgIpc) is 3.36. The first-order valence-corrected chi connectivity index (χ1v) is 22.2. The molecule has 2 radical (unpaired) electrons. The van der Waals surface area contributed by atoms with Crippen LogP contribution < -0.4 is 39.4 Å². The van der Waals surface area contributed by atoms with Gasteiger partial charge in [0.2, 0.25) is 0 Å². The molecule has 0 unspecified atom stereocenters. The number of nitrogens with zero attached hydrogens (tertiary/aromatic N) is 8. The van der Waals surface area contributed by atoms with Crippen LogP contribution in [-0.4, -0.2) is 109 Å². The van der Waals surface area contributed by atoms with Crippen LogP contribution in [-0.2, 0) is 99.4 Å². The van der Waals surface area contributed by atoms with E-state index in [9.17, 15) is 10.5 Å². The van der Waals surface area contributed by atoms with Crippen molar-refractivity contribution in [3.05, 3.63) is 108 Å². The van der Waals surface area contributed by atoms with E-state index < -0.39 is 0 Å². The number of piperazine rings is 2. The number of hydrogen-bond donors (Lipinski definition) is 2. The first-order valence-electron chi connectivity index (χ1n) is 20.8. The van der Waals surface area contributed by atoms with E-state index in [-0.39, 0.29) is 78.6 Å². The fourth-order valence-corrected chi connectivity index (χ4v) is 8.67. The molecule has 4 aromatic carbocycles. The summed E-state index contributed by atoms with van der Waals surface area (Å²) in [4.78, 5) is 18.0. The van der Waals surface area contributed by atoms with Gasteiger partial charge in [-0.05, 0) is 0 Å². The maximum Gasteiger partial charge on any atom is 0 e. The van der Waals surface area contributed by atoms with Crippen LogP contribution >= 0.6 is 0 Å². The van der Waals surface area contributed by atoms with Gasteiger partial charge >= 0.3 is 386 Å². The predicted molar refractivity (Wildman–Crippen MR) is 250 cm³/mol. The number of fused-ring (bicyclic) bond motifs is 2. The number of nitriles is 2. The quantitative estimate of drug-likeness (QED) is 0.103. The Kier molecular flexibility index (Phi) is 21.4. The maximum absolute atomic E-state index is 9.80. The molecule has 0 aliphatic carbocycles. The monoisotopic (exact) mass is 1130 g/mol. The minimum atomic E-state index is 0. The third kappa shape index (κ3) is 13.3. The van der Waals surface area contributed by atoms with E-state index >= 15 is 0 Å². The summed E-state index contributed by atoms with van der Waals surface area (Å²) >= 11 is 5.22. The normalized spacial score (nSPS) is 13.3. The zero-order chi connectivity index (χ0) is 46.4. The van der Waals surface area contributed by atoms with Crippen LogP contribution in [0.1, 0.15) is 11.1 Å². The fraction of sp³-hybridized carbons (Fsp3) is 0.240. The van der Waals surface area contributed by atoms with Crippen LogP contribution in [0.3, 0.4) is 0 Å². The van der Waals surface area contributed by atoms with Crippen molar-refractivity contribution >= 4 is 53.5 Å². The van der Waals surface area contributed by atoms with Gasteiger partial charge in [0, 0.05) is 65.4 Å². The van der Waals surface area contributed by atoms with Gasteiger partial charge in [0.05, 0.1) is 0 Å². The van der Waals surface area contributed by atoms with Crippen LogP contribution in [0, 0.1) is 59.5 Å². The molecule has 4 heterocycles. The smallest absolute Gasteiger partial charge is 0 e. The largest absolute Gasteiger partial charge is 0 e. The fourth-order valence-electron chi connectivity index (χ4n) is 7.64. The zero-order valence-corrected chi connectivity index (χ0v) is 46.0. The number of ether oxygens (including phenoxy) is 4. The minimum Gasteiger partial charge on any atom is 0 e. The summed E-state index contributed by atoms with van der Waals surface area (Å²) in [6, 6.07) is 33.5. The molecule has 0 spiro atoms. The van der Waals surface area contributed by atoms with Crippen molar-refractivity contribution in [2.24, 2.45) is 0 Å². The molecule has 2 aliphatic rings. The molecule has 18 heteroatoms. The first-order chi connectivity index (χ1) is 32.3. The van der Waals surface area contributed by atoms with Crippen molar-refractivity contribution in [2.45, 2.75) is 0 Å². The molecule has 14 nitrogen and oxygen atoms in total. The number of anilines is 4. The van der Waals surface area contributed by atoms with E-state index in [1.165, 1.54) is 0 Å². The van der Waals surface area contributed by atoms with Crippen molar-refractivity contribution in [1.29, 1.82) is 10.5 Å². The van der Waals surface area contributed by atoms with Crippen molar-refractivity contribution in [3.63, 3.8) is 0 Å². The summed E-state index contributed by atoms with van der Waals surface area (Å²) in [5, 5.41) is 28.1. The molecule has 68 heavy (non-hydrogen) atoms. The Bertz CT molecular complexity index is 2890. The summed E-state index contributed by atoms with van der Waals surface area (Å²) in [6.45, 7) is 6.53. The molecule has 6 aromatic rings. The zero-order valence-electron chi connectivity index (χ0n) is 37.6. The summed E-state index contributed by atoms with van der Waals surface area (Å²) in [7, 11) is 3.16. The predicted octanol–water partition coefficient (Wildman–Crippen LogP) is 5.59. The van der Waals surface area contributed by atoms with E-state index in [1.54, 1.807) is 26.6 Å². The Balaban J connectivity index is 0.000000247. The number of rotatable bonds is 14. The number of nitrogens with one attached hydrogen (secondary N) is 2. The number of benzene rings is 4. The molecule has 8 rings (SSSR count). The van der Waals surface area contributed by atoms with Gasteiger partial charge in [0.15, 0.2) is 0 Å². The van der Waals surface area contributed by atoms with E-state index in [0.29, 0.717) is 34.1 Å². The van der Waals surface area contributed by atoms with E-state index in [4.69, 9.17) is 31.8 Å². The number of terminal acetylenes is 2. The van der Waals surface area contributed by atoms with Crippen LogP contribution in [0.25, 0.3) is 21.8 Å². The third-order valence-corrected chi connectivity index (χ3v) is 12.1. The molecule has 2 saturated heterocycles. The van der Waals surface area contributed by atoms with Gasteiger partial charge in [0.25, 0.3) is 0 Å². The molecule has 2 N–H and O–H groups in total. The molecule has 0 saturated carbocycles. The van der Waals surface area contributed by atoms with Gasteiger partial charge in [-0.15, -0.1) is 12.8 Å². The Hall–Kier alpha value is -4.76. The Morgan fingerprint density at radius 2 is 0.985 bits per heavy atom. The Morgan fingerprint density at radius 3 is 1.37 bits per heavy atom. The molecule has 2 aromatic heterocycles. The summed E-state index contributed by atoms with van der Waals surface area (Å²) in [5.74, 6) is 7.11. The number of pyridine rings is 2. The summed E-state index contributed by atoms with van der Waals surface area (Å²) in [6.07, 6.45) is 13.9. The van der Waals surface area contributed by atoms with Gasteiger partial charge in [-0.3, -0.25) is 0 Å². The Labute approximate surface area is 465 Å². The molecule has 0 amide bonds. The molecule has 2 aliphatic heterocycles. The van der Waals surface area contributed by atoms with Gasteiger partial charge < -0.3 is 0 Å².